The van der Waals surface area contributed by atoms with Crippen LogP contribution in [-0.2, 0) is 0 Å². The smallest absolute Gasteiger partial charge is 0.227 e. The maximum Gasteiger partial charge on any atom is 0.227 e. The lowest BCUT2D eigenvalue weighted by atomic mass is 10.0. The summed E-state index contributed by atoms with van der Waals surface area (Å²) >= 11 is 1.84. The summed E-state index contributed by atoms with van der Waals surface area (Å²) in [5.74, 6) is 0.607. The van der Waals surface area contributed by atoms with E-state index in [1.54, 1.807) is 0 Å². The minimum atomic E-state index is 0.607. The standard InChI is InChI=1S/C47H30N2OS/c1-3-12-31(13-4-1)33-22-24-34(25-23-33)47-48-42-30-43(38-18-7-8-20-40(38)46(42)50-47)49(36-17-11-16-35(28-36)32-14-5-2-6-15-32)37-26-27-45-41(29-37)39-19-9-10-21-44(39)51-45/h1-30H. The van der Waals surface area contributed by atoms with Crippen molar-refractivity contribution >= 4 is 70.4 Å². The minimum absolute atomic E-state index is 0.607. The number of hydrogen-bond donors (Lipinski definition) is 0. The lowest BCUT2D eigenvalue weighted by Gasteiger charge is -2.27. The highest BCUT2D eigenvalue weighted by Gasteiger charge is 2.22. The average molecular weight is 671 g/mol. The molecule has 4 heteroatoms. The molecular formula is C47H30N2OS. The molecule has 3 nitrogen and oxygen atoms in total. The second-order valence-electron chi connectivity index (χ2n) is 12.8. The van der Waals surface area contributed by atoms with Gasteiger partial charge in [-0.3, -0.25) is 0 Å². The Morgan fingerprint density at radius 1 is 0.412 bits per heavy atom. The van der Waals surface area contributed by atoms with E-state index in [-0.39, 0.29) is 0 Å². The second kappa shape index (κ2) is 12.1. The van der Waals surface area contributed by atoms with Crippen LogP contribution < -0.4 is 4.90 Å². The van der Waals surface area contributed by atoms with Gasteiger partial charge in [0.05, 0.1) is 5.69 Å². The van der Waals surface area contributed by atoms with Crippen molar-refractivity contribution < 1.29 is 4.42 Å². The molecule has 0 bridgehead atoms. The van der Waals surface area contributed by atoms with Crippen LogP contribution in [0.3, 0.4) is 0 Å². The summed E-state index contributed by atoms with van der Waals surface area (Å²) in [5, 5.41) is 4.64. The number of benzene rings is 8. The predicted octanol–water partition coefficient (Wildman–Crippen LogP) is 13.8. The first-order valence-corrected chi connectivity index (χ1v) is 17.9. The maximum atomic E-state index is 6.60. The van der Waals surface area contributed by atoms with Crippen LogP contribution in [0, 0.1) is 0 Å². The molecule has 0 unspecified atom stereocenters. The number of anilines is 3. The van der Waals surface area contributed by atoms with Crippen LogP contribution in [0.5, 0.6) is 0 Å². The Balaban J connectivity index is 1.18. The zero-order valence-electron chi connectivity index (χ0n) is 27.5. The highest BCUT2D eigenvalue weighted by molar-refractivity contribution is 7.25. The Kier molecular flexibility index (Phi) is 7.00. The van der Waals surface area contributed by atoms with Crippen molar-refractivity contribution in [3.8, 4) is 33.7 Å². The molecule has 0 amide bonds. The van der Waals surface area contributed by atoms with Gasteiger partial charge in [-0.2, -0.15) is 0 Å². The van der Waals surface area contributed by atoms with E-state index < -0.39 is 0 Å². The van der Waals surface area contributed by atoms with Gasteiger partial charge in [-0.1, -0.05) is 127 Å². The Bertz CT molecular complexity index is 2850. The topological polar surface area (TPSA) is 29.3 Å². The van der Waals surface area contributed by atoms with Crippen LogP contribution in [0.2, 0.25) is 0 Å². The summed E-state index contributed by atoms with van der Waals surface area (Å²) in [5.41, 5.74) is 10.4. The van der Waals surface area contributed by atoms with Crippen molar-refractivity contribution in [2.24, 2.45) is 0 Å². The third kappa shape index (κ3) is 5.16. The third-order valence-electron chi connectivity index (χ3n) is 9.68. The van der Waals surface area contributed by atoms with Crippen molar-refractivity contribution in [1.29, 1.82) is 0 Å². The van der Waals surface area contributed by atoms with E-state index in [0.717, 1.165) is 55.6 Å². The first-order chi connectivity index (χ1) is 25.3. The molecule has 51 heavy (non-hydrogen) atoms. The first-order valence-electron chi connectivity index (χ1n) is 17.1. The molecule has 10 aromatic rings. The maximum absolute atomic E-state index is 6.60. The molecule has 0 radical (unpaired) electrons. The van der Waals surface area contributed by atoms with Gasteiger partial charge in [0.2, 0.25) is 5.89 Å². The van der Waals surface area contributed by atoms with Crippen molar-refractivity contribution in [3.63, 3.8) is 0 Å². The summed E-state index contributed by atoms with van der Waals surface area (Å²) in [6.07, 6.45) is 0. The van der Waals surface area contributed by atoms with E-state index >= 15 is 0 Å². The fourth-order valence-corrected chi connectivity index (χ4v) is 8.30. The number of rotatable bonds is 6. The van der Waals surface area contributed by atoms with Crippen LogP contribution in [0.4, 0.5) is 17.1 Å². The highest BCUT2D eigenvalue weighted by atomic mass is 32.1. The Morgan fingerprint density at radius 2 is 1.00 bits per heavy atom. The fraction of sp³-hybridized carbons (Fsp3) is 0. The van der Waals surface area contributed by atoms with Gasteiger partial charge in [0.15, 0.2) is 5.58 Å². The first kappa shape index (κ1) is 29.4. The molecule has 8 aromatic carbocycles. The highest BCUT2D eigenvalue weighted by Crippen LogP contribution is 2.45. The van der Waals surface area contributed by atoms with Crippen molar-refractivity contribution in [1.82, 2.24) is 4.98 Å². The zero-order valence-corrected chi connectivity index (χ0v) is 28.3. The lowest BCUT2D eigenvalue weighted by molar-refractivity contribution is 0.623. The van der Waals surface area contributed by atoms with E-state index in [4.69, 9.17) is 9.40 Å². The van der Waals surface area contributed by atoms with Crippen LogP contribution in [0.25, 0.3) is 75.8 Å². The monoisotopic (exact) mass is 670 g/mol. The van der Waals surface area contributed by atoms with Crippen LogP contribution in [0.1, 0.15) is 0 Å². The van der Waals surface area contributed by atoms with Gasteiger partial charge in [-0.05, 0) is 76.9 Å². The van der Waals surface area contributed by atoms with Gasteiger partial charge < -0.3 is 9.32 Å². The molecule has 0 fully saturated rings. The molecule has 2 aromatic heterocycles. The zero-order chi connectivity index (χ0) is 33.7. The molecule has 0 aliphatic rings. The summed E-state index contributed by atoms with van der Waals surface area (Å²) in [6.45, 7) is 0. The summed E-state index contributed by atoms with van der Waals surface area (Å²) in [6, 6.07) is 64.5. The Labute approximate surface area is 299 Å². The molecule has 240 valence electrons. The summed E-state index contributed by atoms with van der Waals surface area (Å²) < 4.78 is 9.17. The van der Waals surface area contributed by atoms with E-state index in [2.05, 4.69) is 181 Å². The van der Waals surface area contributed by atoms with Crippen LogP contribution >= 0.6 is 11.3 Å². The van der Waals surface area contributed by atoms with E-state index in [1.165, 1.54) is 31.3 Å². The molecule has 10 rings (SSSR count). The predicted molar refractivity (Wildman–Crippen MR) is 215 cm³/mol. The quantitative estimate of drug-likeness (QED) is 0.176. The van der Waals surface area contributed by atoms with Crippen molar-refractivity contribution in [2.45, 2.75) is 0 Å². The van der Waals surface area contributed by atoms with Gasteiger partial charge in [0.1, 0.15) is 5.52 Å². The van der Waals surface area contributed by atoms with E-state index in [9.17, 15) is 0 Å². The summed E-state index contributed by atoms with van der Waals surface area (Å²) in [7, 11) is 0. The lowest BCUT2D eigenvalue weighted by Crippen LogP contribution is -2.10. The van der Waals surface area contributed by atoms with Crippen LogP contribution in [-0.4, -0.2) is 4.98 Å². The van der Waals surface area contributed by atoms with Gasteiger partial charge >= 0.3 is 0 Å². The van der Waals surface area contributed by atoms with Gasteiger partial charge in [0.25, 0.3) is 0 Å². The Hall–Kier alpha value is -6.49. The molecule has 0 atom stereocenters. The molecule has 0 aliphatic carbocycles. The molecule has 2 heterocycles. The Morgan fingerprint density at radius 3 is 1.78 bits per heavy atom. The number of nitrogens with zero attached hydrogens (tertiary/aromatic N) is 2. The largest absolute Gasteiger partial charge is 0.435 e. The van der Waals surface area contributed by atoms with Gasteiger partial charge in [-0.15, -0.1) is 11.3 Å². The summed E-state index contributed by atoms with van der Waals surface area (Å²) in [4.78, 5) is 7.50. The molecule has 0 spiro atoms. The van der Waals surface area contributed by atoms with Crippen molar-refractivity contribution in [3.05, 3.63) is 182 Å². The second-order valence-corrected chi connectivity index (χ2v) is 13.9. The van der Waals surface area contributed by atoms with Crippen LogP contribution in [0.15, 0.2) is 186 Å². The number of thiophene rings is 1. The number of hydrogen-bond acceptors (Lipinski definition) is 4. The van der Waals surface area contributed by atoms with Gasteiger partial charge in [-0.25, -0.2) is 4.98 Å². The normalized spacial score (nSPS) is 11.5. The van der Waals surface area contributed by atoms with E-state index in [0.29, 0.717) is 5.89 Å². The molecule has 0 saturated heterocycles. The SMILES string of the molecule is c1ccc(-c2ccc(-c3nc4cc(N(c5cccc(-c6ccccc6)c5)c5ccc6sc7ccccc7c6c5)c5ccccc5c4o3)cc2)cc1. The number of oxazole rings is 1. The molecule has 0 N–H and O–H groups in total. The average Bonchev–Trinajstić information content (AvgIpc) is 3.81. The van der Waals surface area contributed by atoms with Gasteiger partial charge in [0, 0.05) is 47.9 Å². The third-order valence-corrected chi connectivity index (χ3v) is 10.8. The van der Waals surface area contributed by atoms with E-state index in [1.807, 2.05) is 17.4 Å². The fourth-order valence-electron chi connectivity index (χ4n) is 7.21. The number of fused-ring (bicyclic) bond motifs is 6. The molecule has 0 aliphatic heterocycles. The molecular weight excluding hydrogens is 641 g/mol. The number of aromatic nitrogens is 1. The molecule has 0 saturated carbocycles. The van der Waals surface area contributed by atoms with Crippen molar-refractivity contribution in [2.75, 3.05) is 4.90 Å². The minimum Gasteiger partial charge on any atom is -0.435 e.